The van der Waals surface area contributed by atoms with Crippen LogP contribution in [0.2, 0.25) is 0 Å². The van der Waals surface area contributed by atoms with Crippen molar-refractivity contribution in [2.24, 2.45) is 17.8 Å². The second kappa shape index (κ2) is 10.2. The van der Waals surface area contributed by atoms with Gasteiger partial charge in [-0.15, -0.1) is 0 Å². The van der Waals surface area contributed by atoms with E-state index in [1.54, 1.807) is 6.92 Å². The second-order valence-corrected chi connectivity index (χ2v) is 9.63. The first kappa shape index (κ1) is 24.9. The molecular weight excluding hydrogens is 446 g/mol. The van der Waals surface area contributed by atoms with Crippen molar-refractivity contribution in [3.63, 3.8) is 0 Å². The van der Waals surface area contributed by atoms with Crippen LogP contribution < -0.4 is 0 Å². The van der Waals surface area contributed by atoms with Crippen LogP contribution in [0.4, 0.5) is 4.79 Å². The van der Waals surface area contributed by atoms with Gasteiger partial charge in [0.05, 0.1) is 24.7 Å². The summed E-state index contributed by atoms with van der Waals surface area (Å²) < 4.78 is 17.4. The molecule has 2 saturated heterocycles. The fourth-order valence-electron chi connectivity index (χ4n) is 5.22. The maximum atomic E-state index is 14.1. The molecule has 186 valence electrons. The average Bonchev–Trinajstić information content (AvgIpc) is 3.38. The third-order valence-electron chi connectivity index (χ3n) is 7.19. The molecule has 4 rings (SSSR count). The standard InChI is InChI=1S/C28H33NO6/c1-5-33-26(31)28(16-20-12-8-6-9-13-20)19(4)23(24(35-28)21-14-10-7-11-15-21)25(30)29-22(18(2)3)17-34-27(29)32/h6-15,18-19,22-24H,5,16-17H2,1-4H3/t19-,22+,23-,24-,28+/m0/s1. The van der Waals surface area contributed by atoms with Crippen LogP contribution in [0.3, 0.4) is 0 Å². The van der Waals surface area contributed by atoms with Gasteiger partial charge < -0.3 is 14.2 Å². The normalized spacial score (nSPS) is 28.3. The Hall–Kier alpha value is -3.19. The molecule has 2 aliphatic heterocycles. The number of amides is 2. The molecule has 0 aromatic heterocycles. The van der Waals surface area contributed by atoms with Crippen molar-refractivity contribution in [3.05, 3.63) is 71.8 Å². The zero-order chi connectivity index (χ0) is 25.2. The number of nitrogens with zero attached hydrogens (tertiary/aromatic N) is 1. The van der Waals surface area contributed by atoms with E-state index in [1.165, 1.54) is 4.90 Å². The number of imide groups is 1. The summed E-state index contributed by atoms with van der Waals surface area (Å²) in [7, 11) is 0. The van der Waals surface area contributed by atoms with E-state index < -0.39 is 35.6 Å². The van der Waals surface area contributed by atoms with Crippen LogP contribution in [0, 0.1) is 17.8 Å². The van der Waals surface area contributed by atoms with Crippen molar-refractivity contribution in [1.82, 2.24) is 4.90 Å². The van der Waals surface area contributed by atoms with Crippen LogP contribution >= 0.6 is 0 Å². The summed E-state index contributed by atoms with van der Waals surface area (Å²) in [6.07, 6.45) is -1.13. The van der Waals surface area contributed by atoms with Crippen LogP contribution in [0.5, 0.6) is 0 Å². The zero-order valence-corrected chi connectivity index (χ0v) is 20.7. The molecule has 0 N–H and O–H groups in total. The van der Waals surface area contributed by atoms with Crippen molar-refractivity contribution in [1.29, 1.82) is 0 Å². The van der Waals surface area contributed by atoms with Crippen molar-refractivity contribution < 1.29 is 28.6 Å². The predicted octanol–water partition coefficient (Wildman–Crippen LogP) is 4.56. The largest absolute Gasteiger partial charge is 0.464 e. The number of ether oxygens (including phenoxy) is 3. The van der Waals surface area contributed by atoms with E-state index in [0.29, 0.717) is 0 Å². The Balaban J connectivity index is 1.81. The van der Waals surface area contributed by atoms with Gasteiger partial charge in [0.2, 0.25) is 5.91 Å². The quantitative estimate of drug-likeness (QED) is 0.542. The van der Waals surface area contributed by atoms with E-state index >= 15 is 0 Å². The van der Waals surface area contributed by atoms with Crippen molar-refractivity contribution in [2.45, 2.75) is 51.9 Å². The molecular formula is C28H33NO6. The molecule has 2 fully saturated rings. The minimum atomic E-state index is -1.39. The number of benzene rings is 2. The lowest BCUT2D eigenvalue weighted by Gasteiger charge is -2.32. The Morgan fingerprint density at radius 3 is 2.31 bits per heavy atom. The van der Waals surface area contributed by atoms with Gasteiger partial charge >= 0.3 is 12.1 Å². The number of hydrogen-bond donors (Lipinski definition) is 0. The highest BCUT2D eigenvalue weighted by molar-refractivity contribution is 5.96. The van der Waals surface area contributed by atoms with Gasteiger partial charge in [-0.05, 0) is 24.0 Å². The Labute approximate surface area is 206 Å². The number of carbonyl (C=O) groups excluding carboxylic acids is 3. The van der Waals surface area contributed by atoms with Crippen molar-refractivity contribution in [2.75, 3.05) is 13.2 Å². The van der Waals surface area contributed by atoms with Gasteiger partial charge in [-0.1, -0.05) is 81.4 Å². The molecule has 2 aliphatic rings. The predicted molar refractivity (Wildman–Crippen MR) is 129 cm³/mol. The lowest BCUT2D eigenvalue weighted by atomic mass is 9.75. The maximum absolute atomic E-state index is 14.1. The maximum Gasteiger partial charge on any atom is 0.416 e. The van der Waals surface area contributed by atoms with Crippen LogP contribution in [0.15, 0.2) is 60.7 Å². The Morgan fingerprint density at radius 2 is 1.71 bits per heavy atom. The van der Waals surface area contributed by atoms with Crippen molar-refractivity contribution in [3.8, 4) is 0 Å². The molecule has 0 bridgehead atoms. The van der Waals surface area contributed by atoms with E-state index in [-0.39, 0.29) is 37.5 Å². The van der Waals surface area contributed by atoms with E-state index in [9.17, 15) is 14.4 Å². The molecule has 2 aromatic carbocycles. The first-order valence-electron chi connectivity index (χ1n) is 12.2. The van der Waals surface area contributed by atoms with Crippen molar-refractivity contribution >= 4 is 18.0 Å². The Kier molecular flexibility index (Phi) is 7.26. The van der Waals surface area contributed by atoms with Gasteiger partial charge in [-0.3, -0.25) is 4.79 Å². The second-order valence-electron chi connectivity index (χ2n) is 9.63. The highest BCUT2D eigenvalue weighted by atomic mass is 16.6. The fraction of sp³-hybridized carbons (Fsp3) is 0.464. The summed E-state index contributed by atoms with van der Waals surface area (Å²) in [6, 6.07) is 18.6. The smallest absolute Gasteiger partial charge is 0.416 e. The lowest BCUT2D eigenvalue weighted by molar-refractivity contribution is -0.174. The number of esters is 1. The SMILES string of the molecule is CCOC(=O)[C@]1(Cc2ccccc2)O[C@@H](c2ccccc2)[C@@H](C(=O)N2C(=O)OC[C@@H]2C(C)C)[C@@H]1C. The molecule has 7 nitrogen and oxygen atoms in total. The summed E-state index contributed by atoms with van der Waals surface area (Å²) >= 11 is 0. The number of carbonyl (C=O) groups is 3. The minimum Gasteiger partial charge on any atom is -0.464 e. The third kappa shape index (κ3) is 4.57. The molecule has 2 amide bonds. The summed E-state index contributed by atoms with van der Waals surface area (Å²) in [6.45, 7) is 7.85. The summed E-state index contributed by atoms with van der Waals surface area (Å²) in [4.78, 5) is 41.5. The highest BCUT2D eigenvalue weighted by Gasteiger charge is 2.62. The average molecular weight is 480 g/mol. The first-order chi connectivity index (χ1) is 16.8. The summed E-state index contributed by atoms with van der Waals surface area (Å²) in [5, 5.41) is 0. The van der Waals surface area contributed by atoms with Gasteiger partial charge in [0.25, 0.3) is 0 Å². The first-order valence-corrected chi connectivity index (χ1v) is 12.2. The Morgan fingerprint density at radius 1 is 1.09 bits per heavy atom. The Bertz CT molecular complexity index is 1060. The van der Waals surface area contributed by atoms with Gasteiger partial charge in [-0.2, -0.15) is 0 Å². The molecule has 0 unspecified atom stereocenters. The molecule has 7 heteroatoms. The summed E-state index contributed by atoms with van der Waals surface area (Å²) in [5.74, 6) is -2.21. The van der Waals surface area contributed by atoms with Crippen LogP contribution in [0.25, 0.3) is 0 Å². The number of cyclic esters (lactones) is 1. The van der Waals surface area contributed by atoms with E-state index in [2.05, 4.69) is 0 Å². The van der Waals surface area contributed by atoms with Crippen LogP contribution in [-0.2, 0) is 30.2 Å². The third-order valence-corrected chi connectivity index (χ3v) is 7.19. The number of hydrogen-bond acceptors (Lipinski definition) is 6. The molecule has 0 saturated carbocycles. The number of rotatable bonds is 7. The van der Waals surface area contributed by atoms with E-state index in [0.717, 1.165) is 11.1 Å². The highest BCUT2D eigenvalue weighted by Crippen LogP contribution is 2.51. The monoisotopic (exact) mass is 479 g/mol. The lowest BCUT2D eigenvalue weighted by Crippen LogP contribution is -2.50. The zero-order valence-electron chi connectivity index (χ0n) is 20.7. The molecule has 0 aliphatic carbocycles. The van der Waals surface area contributed by atoms with E-state index in [4.69, 9.17) is 14.2 Å². The topological polar surface area (TPSA) is 82.1 Å². The van der Waals surface area contributed by atoms with Gasteiger partial charge in [0.15, 0.2) is 5.60 Å². The molecule has 0 radical (unpaired) electrons. The molecule has 2 heterocycles. The fourth-order valence-corrected chi connectivity index (χ4v) is 5.22. The van der Waals surface area contributed by atoms with Crippen LogP contribution in [0.1, 0.15) is 44.9 Å². The molecule has 0 spiro atoms. The van der Waals surface area contributed by atoms with Gasteiger partial charge in [-0.25, -0.2) is 14.5 Å². The van der Waals surface area contributed by atoms with Gasteiger partial charge in [0, 0.05) is 12.3 Å². The molecule has 5 atom stereocenters. The summed E-state index contributed by atoms with van der Waals surface area (Å²) in [5.41, 5.74) is 0.272. The molecule has 2 aromatic rings. The minimum absolute atomic E-state index is 0.0253. The van der Waals surface area contributed by atoms with Gasteiger partial charge in [0.1, 0.15) is 6.61 Å². The van der Waals surface area contributed by atoms with E-state index in [1.807, 2.05) is 81.4 Å². The molecule has 35 heavy (non-hydrogen) atoms. The van der Waals surface area contributed by atoms with Crippen LogP contribution in [-0.4, -0.2) is 47.7 Å².